The molecule has 184 valence electrons. The number of carbonyl (C=O) groups is 2. The molecule has 14 heteroatoms. The molecule has 0 aliphatic heterocycles. The van der Waals surface area contributed by atoms with Crippen LogP contribution in [0.5, 0.6) is 0 Å². The number of amides is 3. The summed E-state index contributed by atoms with van der Waals surface area (Å²) in [5, 5.41) is 14.1. The molecule has 4 aromatic rings. The van der Waals surface area contributed by atoms with E-state index in [2.05, 4.69) is 46.5 Å². The summed E-state index contributed by atoms with van der Waals surface area (Å²) in [6.45, 7) is 3.18. The minimum absolute atomic E-state index is 0.0426. The highest BCUT2D eigenvalue weighted by Crippen LogP contribution is 2.32. The SMILES string of the molecule is Cc1ncc(C(=O)NNC(=O)N[C@H](C)c2ncc(-c3cccc(F)c3-c3nnn(C)n3)cc2F)cn1. The lowest BCUT2D eigenvalue weighted by Crippen LogP contribution is -2.47. The van der Waals surface area contributed by atoms with Crippen LogP contribution in [0, 0.1) is 18.6 Å². The normalized spacial score (nSPS) is 11.6. The van der Waals surface area contributed by atoms with Crippen molar-refractivity contribution in [2.24, 2.45) is 7.05 Å². The molecule has 4 rings (SSSR count). The van der Waals surface area contributed by atoms with Gasteiger partial charge < -0.3 is 5.32 Å². The average molecular weight is 494 g/mol. The second kappa shape index (κ2) is 10.2. The first kappa shape index (κ1) is 24.3. The van der Waals surface area contributed by atoms with E-state index >= 15 is 0 Å². The molecule has 0 fully saturated rings. The smallest absolute Gasteiger partial charge is 0.329 e. The van der Waals surface area contributed by atoms with E-state index in [1.165, 1.54) is 48.5 Å². The summed E-state index contributed by atoms with van der Waals surface area (Å²) < 4.78 is 29.6. The van der Waals surface area contributed by atoms with Crippen LogP contribution >= 0.6 is 0 Å². The van der Waals surface area contributed by atoms with Crippen LogP contribution in [0.3, 0.4) is 0 Å². The van der Waals surface area contributed by atoms with Crippen molar-refractivity contribution in [1.29, 1.82) is 0 Å². The van der Waals surface area contributed by atoms with Crippen LogP contribution in [0.4, 0.5) is 13.6 Å². The molecule has 0 aliphatic rings. The Bertz CT molecular complexity index is 1420. The van der Waals surface area contributed by atoms with Crippen molar-refractivity contribution in [3.05, 3.63) is 71.6 Å². The van der Waals surface area contributed by atoms with E-state index in [0.717, 1.165) is 0 Å². The predicted molar refractivity (Wildman–Crippen MR) is 122 cm³/mol. The molecule has 3 heterocycles. The topological polar surface area (TPSA) is 152 Å². The van der Waals surface area contributed by atoms with Crippen LogP contribution in [0.2, 0.25) is 0 Å². The summed E-state index contributed by atoms with van der Waals surface area (Å²) >= 11 is 0. The Hall–Kier alpha value is -4.88. The molecule has 0 saturated carbocycles. The Labute approximate surface area is 203 Å². The summed E-state index contributed by atoms with van der Waals surface area (Å²) in [4.78, 5) is 37.3. The first-order valence-electron chi connectivity index (χ1n) is 10.6. The molecule has 0 aliphatic carbocycles. The number of rotatable bonds is 5. The standard InChI is InChI=1S/C22H20F2N10O2/c1-11(28-22(36)31-30-21(35)14-9-25-12(2)26-10-14)19-17(24)7-13(8-27-19)15-5-4-6-16(23)18(15)20-29-33-34(3)32-20/h4-11H,1-3H3,(H,30,35)(H2,28,31,36)/t11-/m1/s1. The highest BCUT2D eigenvalue weighted by molar-refractivity contribution is 5.94. The van der Waals surface area contributed by atoms with Gasteiger partial charge in [0.25, 0.3) is 5.91 Å². The van der Waals surface area contributed by atoms with E-state index in [1.54, 1.807) is 20.0 Å². The van der Waals surface area contributed by atoms with E-state index in [4.69, 9.17) is 0 Å². The van der Waals surface area contributed by atoms with Gasteiger partial charge in [-0.2, -0.15) is 4.80 Å². The monoisotopic (exact) mass is 494 g/mol. The Morgan fingerprint density at radius 1 is 1.03 bits per heavy atom. The maximum absolute atomic E-state index is 15.0. The number of urea groups is 1. The molecular weight excluding hydrogens is 474 g/mol. The Kier molecular flexibility index (Phi) is 6.85. The van der Waals surface area contributed by atoms with Gasteiger partial charge in [0.05, 0.1) is 29.9 Å². The van der Waals surface area contributed by atoms with Crippen LogP contribution in [0.15, 0.2) is 42.9 Å². The summed E-state index contributed by atoms with van der Waals surface area (Å²) in [6, 6.07) is 3.81. The third-order valence-electron chi connectivity index (χ3n) is 5.02. The maximum atomic E-state index is 15.0. The van der Waals surface area contributed by atoms with Gasteiger partial charge in [0.2, 0.25) is 5.82 Å². The van der Waals surface area contributed by atoms with Crippen molar-refractivity contribution >= 4 is 11.9 Å². The van der Waals surface area contributed by atoms with Gasteiger partial charge >= 0.3 is 6.03 Å². The zero-order chi connectivity index (χ0) is 25.8. The molecule has 12 nitrogen and oxygen atoms in total. The van der Waals surface area contributed by atoms with Gasteiger partial charge in [-0.05, 0) is 36.8 Å². The fraction of sp³-hybridized carbons (Fsp3) is 0.182. The van der Waals surface area contributed by atoms with Gasteiger partial charge in [0.15, 0.2) is 0 Å². The van der Waals surface area contributed by atoms with Crippen molar-refractivity contribution in [2.75, 3.05) is 0 Å². The predicted octanol–water partition coefficient (Wildman–Crippen LogP) is 2.02. The molecule has 0 saturated heterocycles. The van der Waals surface area contributed by atoms with Gasteiger partial charge in [-0.15, -0.1) is 10.2 Å². The lowest BCUT2D eigenvalue weighted by molar-refractivity contribution is 0.0935. The number of halogens is 2. The second-order valence-corrected chi connectivity index (χ2v) is 7.65. The molecule has 1 atom stereocenters. The van der Waals surface area contributed by atoms with Crippen molar-refractivity contribution < 1.29 is 18.4 Å². The summed E-state index contributed by atoms with van der Waals surface area (Å²) in [7, 11) is 1.54. The zero-order valence-corrected chi connectivity index (χ0v) is 19.3. The van der Waals surface area contributed by atoms with Crippen LogP contribution in [0.1, 0.15) is 34.8 Å². The third kappa shape index (κ3) is 5.27. The molecule has 3 N–H and O–H groups in total. The summed E-state index contributed by atoms with van der Waals surface area (Å²) in [6.07, 6.45) is 3.97. The number of benzene rings is 1. The minimum Gasteiger partial charge on any atom is -0.329 e. The average Bonchev–Trinajstić information content (AvgIpc) is 3.28. The molecule has 36 heavy (non-hydrogen) atoms. The van der Waals surface area contributed by atoms with Crippen molar-refractivity contribution in [2.45, 2.75) is 19.9 Å². The van der Waals surface area contributed by atoms with Gasteiger partial charge in [-0.1, -0.05) is 12.1 Å². The number of hydrogen-bond donors (Lipinski definition) is 3. The number of hydrogen-bond acceptors (Lipinski definition) is 8. The minimum atomic E-state index is -0.868. The number of aryl methyl sites for hydroxylation is 2. The lowest BCUT2D eigenvalue weighted by Gasteiger charge is -2.16. The molecule has 1 aromatic carbocycles. The first-order chi connectivity index (χ1) is 17.2. The number of aromatic nitrogens is 7. The molecule has 3 amide bonds. The third-order valence-corrected chi connectivity index (χ3v) is 5.02. The quantitative estimate of drug-likeness (QED) is 0.356. The largest absolute Gasteiger partial charge is 0.334 e. The Balaban J connectivity index is 1.46. The van der Waals surface area contributed by atoms with Gasteiger partial charge in [-0.25, -0.2) is 29.0 Å². The number of carbonyl (C=O) groups excluding carboxylic acids is 2. The van der Waals surface area contributed by atoms with Gasteiger partial charge in [0, 0.05) is 24.2 Å². The van der Waals surface area contributed by atoms with E-state index in [1.807, 2.05) is 0 Å². The van der Waals surface area contributed by atoms with Crippen LogP contribution in [0.25, 0.3) is 22.5 Å². The molecular formula is C22H20F2N10O2. The molecule has 0 bridgehead atoms. The van der Waals surface area contributed by atoms with Gasteiger partial charge in [0.1, 0.15) is 17.5 Å². The van der Waals surface area contributed by atoms with Crippen molar-refractivity contribution in [1.82, 2.24) is 51.3 Å². The number of tetrazole rings is 1. The van der Waals surface area contributed by atoms with E-state index < -0.39 is 29.6 Å². The molecule has 0 radical (unpaired) electrons. The highest BCUT2D eigenvalue weighted by atomic mass is 19.1. The van der Waals surface area contributed by atoms with Gasteiger partial charge in [-0.3, -0.25) is 15.2 Å². The maximum Gasteiger partial charge on any atom is 0.334 e. The number of hydrazine groups is 1. The lowest BCUT2D eigenvalue weighted by atomic mass is 9.99. The van der Waals surface area contributed by atoms with E-state index in [9.17, 15) is 18.4 Å². The van der Waals surface area contributed by atoms with E-state index in [0.29, 0.717) is 11.4 Å². The summed E-state index contributed by atoms with van der Waals surface area (Å²) in [5.74, 6) is -1.43. The fourth-order valence-electron chi connectivity index (χ4n) is 3.29. The van der Waals surface area contributed by atoms with Crippen LogP contribution in [-0.4, -0.2) is 47.1 Å². The van der Waals surface area contributed by atoms with Crippen LogP contribution in [-0.2, 0) is 7.05 Å². The molecule has 0 spiro atoms. The first-order valence-corrected chi connectivity index (χ1v) is 10.6. The summed E-state index contributed by atoms with van der Waals surface area (Å²) in [5.41, 5.74) is 5.10. The fourth-order valence-corrected chi connectivity index (χ4v) is 3.29. The number of nitrogens with zero attached hydrogens (tertiary/aromatic N) is 7. The number of nitrogens with one attached hydrogen (secondary N) is 3. The molecule has 0 unspecified atom stereocenters. The highest BCUT2D eigenvalue weighted by Gasteiger charge is 2.20. The van der Waals surface area contributed by atoms with E-state index in [-0.39, 0.29) is 28.2 Å². The zero-order valence-electron chi connectivity index (χ0n) is 19.3. The number of pyridine rings is 1. The Morgan fingerprint density at radius 3 is 2.44 bits per heavy atom. The van der Waals surface area contributed by atoms with Crippen molar-refractivity contribution in [3.8, 4) is 22.5 Å². The Morgan fingerprint density at radius 2 is 1.78 bits per heavy atom. The molecule has 3 aromatic heterocycles. The van der Waals surface area contributed by atoms with Crippen LogP contribution < -0.4 is 16.2 Å². The van der Waals surface area contributed by atoms with Crippen molar-refractivity contribution in [3.63, 3.8) is 0 Å². The second-order valence-electron chi connectivity index (χ2n) is 7.65.